The fourth-order valence-corrected chi connectivity index (χ4v) is 2.92. The molecule has 2 rings (SSSR count). The molecule has 0 amide bonds. The second-order valence-electron chi connectivity index (χ2n) is 6.32. The molecule has 0 fully saturated rings. The number of rotatable bonds is 12. The largest absolute Gasteiger partial charge is 0.493 e. The van der Waals surface area contributed by atoms with E-state index < -0.39 is 9.84 Å². The highest BCUT2D eigenvalue weighted by molar-refractivity contribution is 7.90. The highest BCUT2D eigenvalue weighted by atomic mass is 35.5. The predicted molar refractivity (Wildman–Crippen MR) is 111 cm³/mol. The first kappa shape index (κ1) is 22.5. The first-order valence-electron chi connectivity index (χ1n) is 8.88. The molecule has 0 spiro atoms. The average molecular weight is 428 g/mol. The molecule has 0 aliphatic carbocycles. The molecular formula is C20H26ClNO5S. The van der Waals surface area contributed by atoms with Crippen LogP contribution < -0.4 is 14.8 Å². The summed E-state index contributed by atoms with van der Waals surface area (Å²) in [6.07, 6.45) is 1.20. The Morgan fingerprint density at radius 3 is 2.39 bits per heavy atom. The molecule has 0 heterocycles. The fraction of sp³-hybridized carbons (Fsp3) is 0.400. The zero-order valence-electron chi connectivity index (χ0n) is 16.1. The highest BCUT2D eigenvalue weighted by Crippen LogP contribution is 2.29. The van der Waals surface area contributed by atoms with E-state index >= 15 is 0 Å². The molecule has 6 nitrogen and oxygen atoms in total. The van der Waals surface area contributed by atoms with E-state index in [9.17, 15) is 8.42 Å². The Morgan fingerprint density at radius 1 is 1.00 bits per heavy atom. The molecule has 154 valence electrons. The summed E-state index contributed by atoms with van der Waals surface area (Å²) in [6, 6.07) is 13.3. The summed E-state index contributed by atoms with van der Waals surface area (Å²) < 4.78 is 38.6. The Morgan fingerprint density at radius 2 is 1.71 bits per heavy atom. The van der Waals surface area contributed by atoms with Gasteiger partial charge in [-0.15, -0.1) is 0 Å². The van der Waals surface area contributed by atoms with Crippen LogP contribution in [0.4, 0.5) is 0 Å². The van der Waals surface area contributed by atoms with Crippen LogP contribution in [0.5, 0.6) is 11.5 Å². The van der Waals surface area contributed by atoms with Crippen LogP contribution in [-0.4, -0.2) is 47.3 Å². The molecule has 0 atom stereocenters. The van der Waals surface area contributed by atoms with Gasteiger partial charge in [-0.25, -0.2) is 8.42 Å². The van der Waals surface area contributed by atoms with Crippen LogP contribution in [0.3, 0.4) is 0 Å². The maximum Gasteiger partial charge on any atom is 0.161 e. The monoisotopic (exact) mass is 427 g/mol. The van der Waals surface area contributed by atoms with Crippen LogP contribution in [-0.2, 0) is 27.7 Å². The zero-order chi connectivity index (χ0) is 20.4. The summed E-state index contributed by atoms with van der Waals surface area (Å²) in [4.78, 5) is 0. The maximum atomic E-state index is 11.0. The summed E-state index contributed by atoms with van der Waals surface area (Å²) in [5.41, 5.74) is 2.07. The minimum atomic E-state index is -2.97. The van der Waals surface area contributed by atoms with Gasteiger partial charge in [0.15, 0.2) is 11.5 Å². The van der Waals surface area contributed by atoms with E-state index in [1.807, 2.05) is 42.5 Å². The lowest BCUT2D eigenvalue weighted by atomic mass is 10.2. The van der Waals surface area contributed by atoms with Crippen molar-refractivity contribution in [1.82, 2.24) is 5.32 Å². The molecular weight excluding hydrogens is 402 g/mol. The maximum absolute atomic E-state index is 11.0. The quantitative estimate of drug-likeness (QED) is 0.525. The lowest BCUT2D eigenvalue weighted by Gasteiger charge is -2.13. The molecule has 0 aromatic heterocycles. The number of ether oxygens (including phenoxy) is 3. The number of halogens is 1. The lowest BCUT2D eigenvalue weighted by Crippen LogP contribution is -2.21. The fourth-order valence-electron chi connectivity index (χ4n) is 2.37. The van der Waals surface area contributed by atoms with Gasteiger partial charge in [0, 0.05) is 24.4 Å². The van der Waals surface area contributed by atoms with Crippen molar-refractivity contribution >= 4 is 21.4 Å². The predicted octanol–water partition coefficient (Wildman–Crippen LogP) is 3.08. The van der Waals surface area contributed by atoms with Crippen LogP contribution in [0.15, 0.2) is 42.5 Å². The Labute approximate surface area is 171 Å². The molecule has 0 radical (unpaired) electrons. The number of benzene rings is 2. The summed E-state index contributed by atoms with van der Waals surface area (Å²) in [5.74, 6) is 1.38. The molecule has 0 aliphatic rings. The SMILES string of the molecule is COc1cc(CNCCOCCS(C)(=O)=O)ccc1OCc1ccc(Cl)cc1. The molecule has 0 saturated carbocycles. The van der Waals surface area contributed by atoms with Gasteiger partial charge in [0.25, 0.3) is 0 Å². The van der Waals surface area contributed by atoms with Crippen molar-refractivity contribution in [1.29, 1.82) is 0 Å². The van der Waals surface area contributed by atoms with Gasteiger partial charge in [-0.3, -0.25) is 0 Å². The Balaban J connectivity index is 1.76. The van der Waals surface area contributed by atoms with Crippen molar-refractivity contribution < 1.29 is 22.6 Å². The van der Waals surface area contributed by atoms with Crippen LogP contribution in [0, 0.1) is 0 Å². The van der Waals surface area contributed by atoms with E-state index in [1.54, 1.807) is 7.11 Å². The van der Waals surface area contributed by atoms with E-state index in [4.69, 9.17) is 25.8 Å². The number of hydrogen-bond donors (Lipinski definition) is 1. The second-order valence-corrected chi connectivity index (χ2v) is 9.02. The minimum Gasteiger partial charge on any atom is -0.493 e. The first-order chi connectivity index (χ1) is 13.4. The van der Waals surface area contributed by atoms with Crippen molar-refractivity contribution in [3.05, 3.63) is 58.6 Å². The zero-order valence-corrected chi connectivity index (χ0v) is 17.7. The minimum absolute atomic E-state index is 0.0433. The summed E-state index contributed by atoms with van der Waals surface area (Å²) >= 11 is 5.89. The molecule has 0 saturated heterocycles. The molecule has 0 aliphatic heterocycles. The molecule has 1 N–H and O–H groups in total. The van der Waals surface area contributed by atoms with E-state index in [0.29, 0.717) is 42.8 Å². The number of hydrogen-bond acceptors (Lipinski definition) is 6. The normalized spacial score (nSPS) is 11.4. The number of methoxy groups -OCH3 is 1. The molecule has 0 unspecified atom stereocenters. The third-order valence-corrected chi connectivity index (χ3v) is 5.05. The number of nitrogens with one attached hydrogen (secondary N) is 1. The van der Waals surface area contributed by atoms with Crippen LogP contribution in [0.25, 0.3) is 0 Å². The Kier molecular flexibility index (Phi) is 9.05. The van der Waals surface area contributed by atoms with Crippen molar-refractivity contribution in [2.75, 3.05) is 38.9 Å². The van der Waals surface area contributed by atoms with E-state index in [2.05, 4.69) is 5.32 Å². The standard InChI is InChI=1S/C20H26ClNO5S/c1-25-20-13-17(14-22-9-10-26-11-12-28(2,23)24)5-8-19(20)27-15-16-3-6-18(21)7-4-16/h3-8,13,22H,9-12,14-15H2,1-2H3. The van der Waals surface area contributed by atoms with E-state index in [-0.39, 0.29) is 12.4 Å². The molecule has 2 aromatic rings. The Hall–Kier alpha value is -1.80. The molecule has 28 heavy (non-hydrogen) atoms. The van der Waals surface area contributed by atoms with Gasteiger partial charge in [-0.05, 0) is 35.4 Å². The van der Waals surface area contributed by atoms with Crippen molar-refractivity contribution in [3.8, 4) is 11.5 Å². The Bertz CT molecular complexity index is 840. The lowest BCUT2D eigenvalue weighted by molar-refractivity contribution is 0.150. The van der Waals surface area contributed by atoms with Crippen molar-refractivity contribution in [3.63, 3.8) is 0 Å². The average Bonchev–Trinajstić information content (AvgIpc) is 2.66. The van der Waals surface area contributed by atoms with Gasteiger partial charge in [-0.2, -0.15) is 0 Å². The summed E-state index contributed by atoms with van der Waals surface area (Å²) in [6.45, 7) is 2.36. The smallest absolute Gasteiger partial charge is 0.161 e. The topological polar surface area (TPSA) is 73.9 Å². The van der Waals surface area contributed by atoms with Crippen LogP contribution >= 0.6 is 11.6 Å². The van der Waals surface area contributed by atoms with Gasteiger partial charge in [0.1, 0.15) is 16.4 Å². The summed E-state index contributed by atoms with van der Waals surface area (Å²) in [5, 5.41) is 3.94. The third kappa shape index (κ3) is 8.48. The summed E-state index contributed by atoms with van der Waals surface area (Å²) in [7, 11) is -1.36. The van der Waals surface area contributed by atoms with E-state index in [1.165, 1.54) is 6.26 Å². The van der Waals surface area contributed by atoms with Gasteiger partial charge >= 0.3 is 0 Å². The molecule has 0 bridgehead atoms. The first-order valence-corrected chi connectivity index (χ1v) is 11.3. The third-order valence-electron chi connectivity index (χ3n) is 3.89. The van der Waals surface area contributed by atoms with Crippen LogP contribution in [0.2, 0.25) is 5.02 Å². The van der Waals surface area contributed by atoms with E-state index in [0.717, 1.165) is 11.1 Å². The molecule has 8 heteroatoms. The van der Waals surface area contributed by atoms with Gasteiger partial charge in [0.2, 0.25) is 0 Å². The number of sulfone groups is 1. The second kappa shape index (κ2) is 11.3. The highest BCUT2D eigenvalue weighted by Gasteiger charge is 2.07. The van der Waals surface area contributed by atoms with Gasteiger partial charge in [0.05, 0.1) is 26.1 Å². The van der Waals surface area contributed by atoms with Crippen LogP contribution in [0.1, 0.15) is 11.1 Å². The van der Waals surface area contributed by atoms with Gasteiger partial charge < -0.3 is 19.5 Å². The van der Waals surface area contributed by atoms with Crippen molar-refractivity contribution in [2.45, 2.75) is 13.2 Å². The molecule has 2 aromatic carbocycles. The van der Waals surface area contributed by atoms with Crippen molar-refractivity contribution in [2.24, 2.45) is 0 Å². The van der Waals surface area contributed by atoms with Gasteiger partial charge in [-0.1, -0.05) is 29.8 Å².